The number of rotatable bonds is 6. The molecule has 0 aliphatic heterocycles. The van der Waals surface area contributed by atoms with Gasteiger partial charge >= 0.3 is 0 Å². The first kappa shape index (κ1) is 25.8. The van der Waals surface area contributed by atoms with Crippen molar-refractivity contribution < 1.29 is 26.4 Å². The van der Waals surface area contributed by atoms with Crippen LogP contribution < -0.4 is 10.6 Å². The van der Waals surface area contributed by atoms with E-state index in [1.807, 2.05) is 0 Å². The van der Waals surface area contributed by atoms with Crippen molar-refractivity contribution in [1.29, 1.82) is 0 Å². The molecule has 3 aromatic heterocycles. The third-order valence-corrected chi connectivity index (χ3v) is 9.32. The largest absolute Gasteiger partial charge is 0.296 e. The minimum atomic E-state index is -3.39. The maximum atomic E-state index is 12.8. The molecule has 0 radical (unpaired) electrons. The number of hydrogen-bond acceptors (Lipinski definition) is 11. The van der Waals surface area contributed by atoms with Crippen molar-refractivity contribution in [3.63, 3.8) is 0 Å². The summed E-state index contributed by atoms with van der Waals surface area (Å²) in [5, 5.41) is 5.74. The lowest BCUT2D eigenvalue weighted by atomic mass is 10.3. The number of carbonyl (C=O) groups is 2. The van der Waals surface area contributed by atoms with E-state index in [-0.39, 0.29) is 31.4 Å². The van der Waals surface area contributed by atoms with Crippen LogP contribution in [0.25, 0.3) is 20.4 Å². The van der Waals surface area contributed by atoms with Gasteiger partial charge in [-0.3, -0.25) is 20.2 Å². The van der Waals surface area contributed by atoms with E-state index in [1.54, 1.807) is 12.1 Å². The normalized spacial score (nSPS) is 12.1. The Kier molecular flexibility index (Phi) is 6.46. The van der Waals surface area contributed by atoms with Crippen LogP contribution >= 0.6 is 22.7 Å². The molecule has 11 nitrogen and oxygen atoms in total. The topological polar surface area (TPSA) is 165 Å². The highest BCUT2D eigenvalue weighted by atomic mass is 32.2. The van der Waals surface area contributed by atoms with E-state index in [4.69, 9.17) is 0 Å². The average Bonchev–Trinajstić information content (AvgIpc) is 3.44. The molecule has 2 aromatic carbocycles. The zero-order valence-corrected chi connectivity index (χ0v) is 22.9. The van der Waals surface area contributed by atoms with Crippen molar-refractivity contribution in [2.24, 2.45) is 0 Å². The van der Waals surface area contributed by atoms with Crippen molar-refractivity contribution in [3.05, 3.63) is 66.0 Å². The van der Waals surface area contributed by atoms with Crippen LogP contribution in [0.1, 0.15) is 21.0 Å². The van der Waals surface area contributed by atoms with Gasteiger partial charge in [0.25, 0.3) is 11.8 Å². The van der Waals surface area contributed by atoms with Crippen molar-refractivity contribution in [1.82, 2.24) is 15.0 Å². The standard InChI is InChI=1S/C23H17N5O6S4/c1-37(31,32)12-6-8-14-18(10-12)35-22(25-14)27-20(29)16-4-3-5-17(24-16)21(30)28-23-26-15-9-7-13(38(2,33)34)11-19(15)36-23/h3-11H,1-2H3,(H,25,27,29)(H,26,28,30). The zero-order chi connectivity index (χ0) is 27.2. The van der Waals surface area contributed by atoms with Gasteiger partial charge in [0, 0.05) is 12.5 Å². The molecular weight excluding hydrogens is 571 g/mol. The first-order chi connectivity index (χ1) is 17.9. The number of carbonyl (C=O) groups excluding carboxylic acids is 2. The number of amides is 2. The highest BCUT2D eigenvalue weighted by Gasteiger charge is 2.17. The number of nitrogens with one attached hydrogen (secondary N) is 2. The molecule has 0 unspecified atom stereocenters. The molecule has 0 aliphatic rings. The van der Waals surface area contributed by atoms with Crippen LogP contribution in [0.15, 0.2) is 64.4 Å². The summed E-state index contributed by atoms with van der Waals surface area (Å²) >= 11 is 2.22. The smallest absolute Gasteiger partial charge is 0.276 e. The van der Waals surface area contributed by atoms with Crippen molar-refractivity contribution >= 4 is 84.9 Å². The Hall–Kier alpha value is -3.79. The van der Waals surface area contributed by atoms with Crippen LogP contribution in [-0.4, -0.2) is 56.1 Å². The second kappa shape index (κ2) is 9.50. The summed E-state index contributed by atoms with van der Waals surface area (Å²) in [6.45, 7) is 0. The van der Waals surface area contributed by atoms with Crippen molar-refractivity contribution in [2.75, 3.05) is 23.1 Å². The maximum Gasteiger partial charge on any atom is 0.276 e. The molecule has 0 spiro atoms. The fourth-order valence-corrected chi connectivity index (χ4v) is 6.63. The fourth-order valence-electron chi connectivity index (χ4n) is 3.39. The lowest BCUT2D eigenvalue weighted by molar-refractivity contribution is 0.101. The van der Waals surface area contributed by atoms with E-state index in [2.05, 4.69) is 25.6 Å². The van der Waals surface area contributed by atoms with E-state index >= 15 is 0 Å². The number of aromatic nitrogens is 3. The SMILES string of the molecule is CS(=O)(=O)c1ccc2nc(NC(=O)c3cccc(C(=O)Nc4nc5ccc(S(C)(=O)=O)cc5s4)n3)sc2c1. The molecule has 0 saturated carbocycles. The van der Waals surface area contributed by atoms with Crippen molar-refractivity contribution in [2.45, 2.75) is 9.79 Å². The molecule has 2 N–H and O–H groups in total. The molecule has 15 heteroatoms. The summed E-state index contributed by atoms with van der Waals surface area (Å²) in [7, 11) is -6.77. The Balaban J connectivity index is 1.32. The summed E-state index contributed by atoms with van der Waals surface area (Å²) in [5.41, 5.74) is 0.989. The second-order valence-electron chi connectivity index (χ2n) is 8.16. The average molecular weight is 588 g/mol. The number of nitrogens with zero attached hydrogens (tertiary/aromatic N) is 3. The molecule has 0 atom stereocenters. The van der Waals surface area contributed by atoms with Gasteiger partial charge in [-0.1, -0.05) is 28.7 Å². The molecule has 0 bridgehead atoms. The third-order valence-electron chi connectivity index (χ3n) is 5.23. The molecule has 0 saturated heterocycles. The Morgan fingerprint density at radius 3 is 1.47 bits per heavy atom. The quantitative estimate of drug-likeness (QED) is 0.302. The molecule has 0 fully saturated rings. The molecule has 0 aliphatic carbocycles. The van der Waals surface area contributed by atoms with E-state index in [0.29, 0.717) is 20.4 Å². The molecule has 3 heterocycles. The number of hydrogen-bond donors (Lipinski definition) is 2. The van der Waals surface area contributed by atoms with Gasteiger partial charge in [0.2, 0.25) is 0 Å². The number of thiazole rings is 2. The van der Waals surface area contributed by atoms with Gasteiger partial charge in [-0.2, -0.15) is 0 Å². The number of pyridine rings is 1. The highest BCUT2D eigenvalue weighted by Crippen LogP contribution is 2.29. The van der Waals surface area contributed by atoms with E-state index in [1.165, 1.54) is 42.5 Å². The summed E-state index contributed by atoms with van der Waals surface area (Å²) in [5.74, 6) is -1.20. The fraction of sp³-hybridized carbons (Fsp3) is 0.0870. The zero-order valence-electron chi connectivity index (χ0n) is 19.6. The van der Waals surface area contributed by atoms with Crippen LogP contribution in [-0.2, 0) is 19.7 Å². The van der Waals surface area contributed by atoms with Gasteiger partial charge in [0.15, 0.2) is 29.9 Å². The third kappa shape index (κ3) is 5.40. The van der Waals surface area contributed by atoms with E-state index < -0.39 is 31.5 Å². The number of fused-ring (bicyclic) bond motifs is 2. The lowest BCUT2D eigenvalue weighted by Crippen LogP contribution is -2.18. The minimum absolute atomic E-state index is 0.0316. The summed E-state index contributed by atoms with van der Waals surface area (Å²) < 4.78 is 48.3. The van der Waals surface area contributed by atoms with Crippen molar-refractivity contribution in [3.8, 4) is 0 Å². The minimum Gasteiger partial charge on any atom is -0.296 e. The summed E-state index contributed by atoms with van der Waals surface area (Å²) in [6.07, 6.45) is 2.22. The number of anilines is 2. The summed E-state index contributed by atoms with van der Waals surface area (Å²) in [4.78, 5) is 38.6. The Labute approximate surface area is 224 Å². The molecular formula is C23H17N5O6S4. The Bertz CT molecular complexity index is 1840. The van der Waals surface area contributed by atoms with E-state index in [0.717, 1.165) is 35.2 Å². The predicted octanol–water partition coefficient (Wildman–Crippen LogP) is 3.61. The van der Waals surface area contributed by atoms with Gasteiger partial charge in [0.1, 0.15) is 11.4 Å². The monoisotopic (exact) mass is 587 g/mol. The van der Waals surface area contributed by atoms with Crippen LogP contribution in [0.5, 0.6) is 0 Å². The van der Waals surface area contributed by atoms with Crippen LogP contribution in [0.3, 0.4) is 0 Å². The van der Waals surface area contributed by atoms with Crippen LogP contribution in [0.2, 0.25) is 0 Å². The number of benzene rings is 2. The first-order valence-electron chi connectivity index (χ1n) is 10.7. The Morgan fingerprint density at radius 1 is 0.658 bits per heavy atom. The van der Waals surface area contributed by atoms with Gasteiger partial charge in [-0.25, -0.2) is 31.8 Å². The first-order valence-corrected chi connectivity index (χ1v) is 16.1. The van der Waals surface area contributed by atoms with Gasteiger partial charge in [0.05, 0.1) is 30.2 Å². The summed E-state index contributed by atoms with van der Waals surface area (Å²) in [6, 6.07) is 13.4. The Morgan fingerprint density at radius 2 is 1.08 bits per heavy atom. The van der Waals surface area contributed by atoms with Gasteiger partial charge in [-0.05, 0) is 48.5 Å². The van der Waals surface area contributed by atoms with Crippen LogP contribution in [0, 0.1) is 0 Å². The molecule has 5 aromatic rings. The second-order valence-corrected chi connectivity index (χ2v) is 14.3. The number of sulfone groups is 2. The molecule has 194 valence electrons. The van der Waals surface area contributed by atoms with E-state index in [9.17, 15) is 26.4 Å². The van der Waals surface area contributed by atoms with Crippen LogP contribution in [0.4, 0.5) is 10.3 Å². The van der Waals surface area contributed by atoms with Gasteiger partial charge < -0.3 is 0 Å². The maximum absolute atomic E-state index is 12.8. The predicted molar refractivity (Wildman–Crippen MR) is 146 cm³/mol. The molecule has 5 rings (SSSR count). The molecule has 2 amide bonds. The van der Waals surface area contributed by atoms with Gasteiger partial charge in [-0.15, -0.1) is 0 Å². The lowest BCUT2D eigenvalue weighted by Gasteiger charge is -2.04. The molecule has 38 heavy (non-hydrogen) atoms. The highest BCUT2D eigenvalue weighted by molar-refractivity contribution is 7.91.